The van der Waals surface area contributed by atoms with Crippen LogP contribution in [0.15, 0.2) is 53.5 Å². The van der Waals surface area contributed by atoms with Gasteiger partial charge in [-0.25, -0.2) is 0 Å². The van der Waals surface area contributed by atoms with E-state index in [9.17, 15) is 9.59 Å². The van der Waals surface area contributed by atoms with Gasteiger partial charge in [0.2, 0.25) is 5.56 Å². The van der Waals surface area contributed by atoms with Gasteiger partial charge in [0.15, 0.2) is 5.78 Å². The smallest absolute Gasteiger partial charge is 0.249 e. The Labute approximate surface area is 142 Å². The molecule has 0 atom stereocenters. The van der Waals surface area contributed by atoms with Gasteiger partial charge in [-0.15, -0.1) is 0 Å². The van der Waals surface area contributed by atoms with Gasteiger partial charge in [-0.2, -0.15) is 0 Å². The van der Waals surface area contributed by atoms with E-state index < -0.39 is 0 Å². The molecule has 5 heteroatoms. The van der Waals surface area contributed by atoms with Crippen LogP contribution in [0.3, 0.4) is 0 Å². The fourth-order valence-electron chi connectivity index (χ4n) is 1.84. The second-order valence-corrected chi connectivity index (χ2v) is 5.02. The van der Waals surface area contributed by atoms with E-state index in [4.69, 9.17) is 4.74 Å². The molecule has 1 heterocycles. The first-order valence-corrected chi connectivity index (χ1v) is 7.87. The number of anilines is 1. The molecule has 0 aliphatic rings. The van der Waals surface area contributed by atoms with Crippen molar-refractivity contribution in [2.75, 3.05) is 12.4 Å². The number of rotatable bonds is 5. The third-order valence-corrected chi connectivity index (χ3v) is 2.91. The summed E-state index contributed by atoms with van der Waals surface area (Å²) >= 11 is 0. The number of nitrogens with one attached hydrogen (secondary N) is 2. The Kier molecular flexibility index (Phi) is 8.05. The van der Waals surface area contributed by atoms with Crippen molar-refractivity contribution in [1.82, 2.24) is 4.98 Å². The molecule has 2 N–H and O–H groups in total. The minimum absolute atomic E-state index is 0.180. The molecule has 0 fully saturated rings. The first kappa shape index (κ1) is 19.2. The Balaban J connectivity index is 0.000000891. The van der Waals surface area contributed by atoms with Gasteiger partial charge in [-0.1, -0.05) is 26.3 Å². The van der Waals surface area contributed by atoms with Gasteiger partial charge in [0.1, 0.15) is 11.6 Å². The Morgan fingerprint density at radius 1 is 1.17 bits per heavy atom. The fraction of sp³-hybridized carbons (Fsp3) is 0.263. The predicted molar refractivity (Wildman–Crippen MR) is 97.9 cm³/mol. The van der Waals surface area contributed by atoms with Crippen LogP contribution in [0.4, 0.5) is 5.82 Å². The summed E-state index contributed by atoms with van der Waals surface area (Å²) in [7, 11) is 1.57. The number of carbonyl (C=O) groups is 1. The molecule has 1 aromatic heterocycles. The fourth-order valence-corrected chi connectivity index (χ4v) is 1.84. The average molecular weight is 328 g/mol. The standard InChI is InChI=1S/C16H16N2O3.C3H8/c1-3-10-17-16-13(8-9-14(19)18-16)15(20)11-4-6-12(21-2)7-5-11;1-3-2/h3-10H,1-2H3,(H2,17,18,19);3H2,1-2H3/b10-3+;. The van der Waals surface area contributed by atoms with E-state index >= 15 is 0 Å². The summed E-state index contributed by atoms with van der Waals surface area (Å²) in [4.78, 5) is 26.5. The average Bonchev–Trinajstić information content (AvgIpc) is 2.60. The van der Waals surface area contributed by atoms with Gasteiger partial charge >= 0.3 is 0 Å². The molecule has 0 amide bonds. The van der Waals surface area contributed by atoms with Gasteiger partial charge in [0.25, 0.3) is 0 Å². The van der Waals surface area contributed by atoms with E-state index in [1.807, 2.05) is 6.92 Å². The van der Waals surface area contributed by atoms with Crippen LogP contribution in [0.2, 0.25) is 0 Å². The number of ketones is 1. The normalized spacial score (nSPS) is 10.0. The van der Waals surface area contributed by atoms with Crippen LogP contribution >= 0.6 is 0 Å². The number of hydrogen-bond donors (Lipinski definition) is 2. The van der Waals surface area contributed by atoms with Crippen LogP contribution in [0, 0.1) is 0 Å². The highest BCUT2D eigenvalue weighted by molar-refractivity contribution is 6.11. The van der Waals surface area contributed by atoms with Crippen molar-refractivity contribution in [3.05, 3.63) is 70.2 Å². The first-order chi connectivity index (χ1) is 11.6. The highest BCUT2D eigenvalue weighted by Crippen LogP contribution is 2.18. The molecule has 0 bridgehead atoms. The Hall–Kier alpha value is -2.82. The predicted octanol–water partition coefficient (Wildman–Crippen LogP) is 3.98. The number of pyridine rings is 1. The van der Waals surface area contributed by atoms with Crippen molar-refractivity contribution in [2.24, 2.45) is 0 Å². The second-order valence-electron chi connectivity index (χ2n) is 5.02. The van der Waals surface area contributed by atoms with E-state index in [1.165, 1.54) is 18.6 Å². The SMILES string of the molecule is C/C=C/Nc1[nH]c(=O)ccc1C(=O)c1ccc(OC)cc1.CCC. The monoisotopic (exact) mass is 328 g/mol. The van der Waals surface area contributed by atoms with Crippen molar-refractivity contribution in [2.45, 2.75) is 27.2 Å². The highest BCUT2D eigenvalue weighted by atomic mass is 16.5. The number of carbonyl (C=O) groups excluding carboxylic acids is 1. The molecule has 0 unspecified atom stereocenters. The maximum atomic E-state index is 12.5. The summed E-state index contributed by atoms with van der Waals surface area (Å²) < 4.78 is 5.07. The molecule has 0 saturated carbocycles. The minimum atomic E-state index is -0.270. The topological polar surface area (TPSA) is 71.2 Å². The molecule has 0 aliphatic heterocycles. The lowest BCUT2D eigenvalue weighted by molar-refractivity contribution is 0.103. The van der Waals surface area contributed by atoms with Gasteiger partial charge in [-0.3, -0.25) is 9.59 Å². The lowest BCUT2D eigenvalue weighted by Gasteiger charge is -2.08. The Morgan fingerprint density at radius 3 is 2.33 bits per heavy atom. The molecule has 0 radical (unpaired) electrons. The molecule has 0 aliphatic carbocycles. The molecule has 1 aromatic carbocycles. The van der Waals surface area contributed by atoms with Gasteiger partial charge < -0.3 is 15.0 Å². The van der Waals surface area contributed by atoms with Crippen LogP contribution < -0.4 is 15.6 Å². The molecule has 128 valence electrons. The molecule has 0 spiro atoms. The third-order valence-electron chi connectivity index (χ3n) is 2.91. The zero-order valence-corrected chi connectivity index (χ0v) is 14.6. The summed E-state index contributed by atoms with van der Waals surface area (Å²) in [6.07, 6.45) is 4.67. The van der Waals surface area contributed by atoms with Crippen molar-refractivity contribution in [1.29, 1.82) is 0 Å². The summed E-state index contributed by atoms with van der Waals surface area (Å²) in [5.41, 5.74) is 0.650. The molecular formula is C19H24N2O3. The van der Waals surface area contributed by atoms with E-state index in [1.54, 1.807) is 43.7 Å². The second kappa shape index (κ2) is 10.0. The van der Waals surface area contributed by atoms with Crippen molar-refractivity contribution < 1.29 is 9.53 Å². The first-order valence-electron chi connectivity index (χ1n) is 7.87. The van der Waals surface area contributed by atoms with Crippen LogP contribution in [-0.4, -0.2) is 17.9 Å². The lowest BCUT2D eigenvalue weighted by Crippen LogP contribution is -2.13. The molecule has 5 nitrogen and oxygen atoms in total. The number of hydrogen-bond acceptors (Lipinski definition) is 4. The van der Waals surface area contributed by atoms with Crippen LogP contribution in [0.25, 0.3) is 0 Å². The number of H-pyrrole nitrogens is 1. The Morgan fingerprint density at radius 2 is 1.79 bits per heavy atom. The number of aromatic nitrogens is 1. The van der Waals surface area contributed by atoms with E-state index in [2.05, 4.69) is 24.1 Å². The zero-order chi connectivity index (χ0) is 17.9. The number of ether oxygens (including phenoxy) is 1. The van der Waals surface area contributed by atoms with Gasteiger partial charge in [-0.05, 0) is 43.5 Å². The van der Waals surface area contributed by atoms with Crippen molar-refractivity contribution in [3.63, 3.8) is 0 Å². The quantitative estimate of drug-likeness (QED) is 0.815. The van der Waals surface area contributed by atoms with Crippen LogP contribution in [0.1, 0.15) is 43.1 Å². The van der Waals surface area contributed by atoms with E-state index in [0.717, 1.165) is 0 Å². The summed E-state index contributed by atoms with van der Waals surface area (Å²) in [5.74, 6) is 0.877. The summed E-state index contributed by atoms with van der Waals surface area (Å²) in [5, 5.41) is 2.90. The van der Waals surface area contributed by atoms with Gasteiger partial charge in [0.05, 0.1) is 12.7 Å². The summed E-state index contributed by atoms with van der Waals surface area (Å²) in [6, 6.07) is 9.65. The maximum Gasteiger partial charge on any atom is 0.249 e. The molecule has 2 rings (SSSR count). The van der Waals surface area contributed by atoms with E-state index in [-0.39, 0.29) is 11.3 Å². The number of aromatic amines is 1. The number of benzene rings is 1. The number of methoxy groups -OCH3 is 1. The van der Waals surface area contributed by atoms with Crippen molar-refractivity contribution in [3.8, 4) is 5.75 Å². The van der Waals surface area contributed by atoms with Crippen LogP contribution in [0.5, 0.6) is 5.75 Å². The third kappa shape index (κ3) is 5.43. The van der Waals surface area contributed by atoms with Crippen LogP contribution in [-0.2, 0) is 0 Å². The lowest BCUT2D eigenvalue weighted by atomic mass is 10.0. The van der Waals surface area contributed by atoms with E-state index in [0.29, 0.717) is 22.7 Å². The molecule has 0 saturated heterocycles. The minimum Gasteiger partial charge on any atom is -0.497 e. The number of allylic oxidation sites excluding steroid dienone is 1. The molecule has 24 heavy (non-hydrogen) atoms. The zero-order valence-electron chi connectivity index (χ0n) is 14.6. The Bertz CT molecular complexity index is 731. The molecular weight excluding hydrogens is 304 g/mol. The van der Waals surface area contributed by atoms with Crippen molar-refractivity contribution >= 4 is 11.6 Å². The largest absolute Gasteiger partial charge is 0.497 e. The summed E-state index contributed by atoms with van der Waals surface area (Å²) in [6.45, 7) is 6.08. The highest BCUT2D eigenvalue weighted by Gasteiger charge is 2.14. The maximum absolute atomic E-state index is 12.5. The molecule has 2 aromatic rings. The van der Waals surface area contributed by atoms with Gasteiger partial charge in [0, 0.05) is 11.6 Å².